The molecule has 1 fully saturated rings. The van der Waals surface area contributed by atoms with E-state index in [1.54, 1.807) is 31.2 Å². The number of amides is 2. The van der Waals surface area contributed by atoms with E-state index in [9.17, 15) is 19.5 Å². The molecule has 2 atom stereocenters. The number of halogens is 2. The lowest BCUT2D eigenvalue weighted by Crippen LogP contribution is -2.46. The molecule has 1 saturated carbocycles. The van der Waals surface area contributed by atoms with Crippen molar-refractivity contribution in [1.29, 1.82) is 0 Å². The third-order valence-corrected chi connectivity index (χ3v) is 7.02. The Kier molecular flexibility index (Phi) is 6.59. The summed E-state index contributed by atoms with van der Waals surface area (Å²) >= 11 is 12.0. The Labute approximate surface area is 197 Å². The van der Waals surface area contributed by atoms with Gasteiger partial charge in [0, 0.05) is 17.7 Å². The third-order valence-electron chi connectivity index (χ3n) is 5.92. The number of carboxylic acid groups (broad SMARTS) is 1. The molecule has 0 aliphatic heterocycles. The van der Waals surface area contributed by atoms with Gasteiger partial charge in [0.1, 0.15) is 10.4 Å². The maximum Gasteiger partial charge on any atom is 0.326 e. The van der Waals surface area contributed by atoms with E-state index in [4.69, 9.17) is 23.2 Å². The largest absolute Gasteiger partial charge is 0.480 e. The van der Waals surface area contributed by atoms with Crippen LogP contribution in [0, 0.1) is 26.2 Å². The van der Waals surface area contributed by atoms with Crippen molar-refractivity contribution in [3.63, 3.8) is 0 Å². The van der Waals surface area contributed by atoms with Gasteiger partial charge in [-0.1, -0.05) is 29.8 Å². The molecule has 0 bridgehead atoms. The lowest BCUT2D eigenvalue weighted by Gasteiger charge is -2.19. The molecule has 0 saturated heterocycles. The first-order chi connectivity index (χ1) is 14.8. The number of anilines is 1. The van der Waals surface area contributed by atoms with Crippen LogP contribution in [0.2, 0.25) is 0 Å². The number of aliphatic carboxylic acids is 1. The average molecular weight is 477 g/mol. The summed E-state index contributed by atoms with van der Waals surface area (Å²) in [6.45, 7) is 7.40. The summed E-state index contributed by atoms with van der Waals surface area (Å²) in [5.41, 5.74) is 3.83. The minimum Gasteiger partial charge on any atom is -0.480 e. The zero-order valence-electron chi connectivity index (χ0n) is 18.4. The van der Waals surface area contributed by atoms with Crippen molar-refractivity contribution in [3.8, 4) is 0 Å². The van der Waals surface area contributed by atoms with E-state index in [2.05, 4.69) is 10.6 Å². The number of carboxylic acids is 1. The van der Waals surface area contributed by atoms with Crippen molar-refractivity contribution in [2.45, 2.75) is 50.9 Å². The summed E-state index contributed by atoms with van der Waals surface area (Å²) in [5, 5.41) is 14.9. The number of nitrogens with one attached hydrogen (secondary N) is 2. The number of alkyl halides is 2. The molecule has 2 amide bonds. The van der Waals surface area contributed by atoms with E-state index in [1.807, 2.05) is 32.9 Å². The predicted molar refractivity (Wildman–Crippen MR) is 125 cm³/mol. The molecule has 0 spiro atoms. The van der Waals surface area contributed by atoms with Gasteiger partial charge in [-0.3, -0.25) is 9.59 Å². The van der Waals surface area contributed by atoms with Crippen molar-refractivity contribution in [1.82, 2.24) is 5.32 Å². The van der Waals surface area contributed by atoms with Crippen molar-refractivity contribution >= 4 is 46.7 Å². The van der Waals surface area contributed by atoms with Crippen LogP contribution in [0.5, 0.6) is 0 Å². The first-order valence-corrected chi connectivity index (χ1v) is 11.0. The van der Waals surface area contributed by atoms with Crippen LogP contribution in [0.15, 0.2) is 36.4 Å². The van der Waals surface area contributed by atoms with Gasteiger partial charge in [-0.05, 0) is 62.9 Å². The highest BCUT2D eigenvalue weighted by atomic mass is 35.5. The highest BCUT2D eigenvalue weighted by Crippen LogP contribution is 2.63. The van der Waals surface area contributed by atoms with Crippen molar-refractivity contribution < 1.29 is 19.5 Å². The Morgan fingerprint density at radius 1 is 1.06 bits per heavy atom. The lowest BCUT2D eigenvalue weighted by molar-refractivity contribution is -0.142. The zero-order valence-corrected chi connectivity index (χ0v) is 19.9. The van der Waals surface area contributed by atoms with Gasteiger partial charge < -0.3 is 15.7 Å². The molecular weight excluding hydrogens is 451 g/mol. The summed E-state index contributed by atoms with van der Waals surface area (Å²) in [7, 11) is 0. The van der Waals surface area contributed by atoms with E-state index in [0.29, 0.717) is 16.8 Å². The van der Waals surface area contributed by atoms with Gasteiger partial charge >= 0.3 is 5.97 Å². The fraction of sp³-hybridized carbons (Fsp3) is 0.375. The minimum absolute atomic E-state index is 0.0825. The molecule has 3 rings (SSSR count). The Balaban J connectivity index is 1.66. The van der Waals surface area contributed by atoms with Crippen LogP contribution >= 0.6 is 23.2 Å². The molecule has 0 radical (unpaired) electrons. The van der Waals surface area contributed by atoms with E-state index < -0.39 is 27.7 Å². The van der Waals surface area contributed by atoms with Crippen molar-refractivity contribution in [2.75, 3.05) is 5.32 Å². The van der Waals surface area contributed by atoms with E-state index in [0.717, 1.165) is 16.7 Å². The van der Waals surface area contributed by atoms with Crippen LogP contribution in [0.1, 0.15) is 46.0 Å². The molecule has 0 aromatic heterocycles. The molecule has 1 aliphatic carbocycles. The van der Waals surface area contributed by atoms with Gasteiger partial charge in [0.05, 0.1) is 5.41 Å². The monoisotopic (exact) mass is 476 g/mol. The number of rotatable bonds is 7. The highest BCUT2D eigenvalue weighted by molar-refractivity contribution is 6.53. The molecule has 8 heteroatoms. The number of carbonyl (C=O) groups excluding carboxylic acids is 2. The van der Waals surface area contributed by atoms with Gasteiger partial charge in [0.25, 0.3) is 5.91 Å². The summed E-state index contributed by atoms with van der Waals surface area (Å²) < 4.78 is -1.17. The summed E-state index contributed by atoms with van der Waals surface area (Å²) in [6.07, 6.45) is 0.356. The van der Waals surface area contributed by atoms with Crippen molar-refractivity contribution in [2.24, 2.45) is 5.41 Å². The van der Waals surface area contributed by atoms with Crippen LogP contribution in [0.3, 0.4) is 0 Å². The highest BCUT2D eigenvalue weighted by Gasteiger charge is 2.68. The molecule has 2 aromatic carbocycles. The number of aryl methyl sites for hydroxylation is 3. The standard InChI is InChI=1S/C24H26Cl2N2O4/c1-13-9-14(2)19(15(3)10-13)20(29)27-17-7-5-16(6-8-17)11-18(21(30)31)28-22(32)23(4)12-24(23,25)26/h5-10,18H,11-12H2,1-4H3,(H,27,29)(H,28,32)(H,30,31)/t18-,23?/m0/s1. The van der Waals surface area contributed by atoms with Gasteiger partial charge in [0.15, 0.2) is 0 Å². The quantitative estimate of drug-likeness (QED) is 0.510. The minimum atomic E-state index is -1.17. The first-order valence-electron chi connectivity index (χ1n) is 10.2. The Morgan fingerprint density at radius 2 is 1.59 bits per heavy atom. The Bertz CT molecular complexity index is 1060. The first kappa shape index (κ1) is 24.1. The molecule has 1 aliphatic rings. The van der Waals surface area contributed by atoms with Crippen LogP contribution in [-0.4, -0.2) is 33.3 Å². The molecule has 2 aromatic rings. The molecule has 170 valence electrons. The maximum absolute atomic E-state index is 12.7. The van der Waals surface area contributed by atoms with Crippen LogP contribution in [-0.2, 0) is 16.0 Å². The smallest absolute Gasteiger partial charge is 0.326 e. The van der Waals surface area contributed by atoms with Gasteiger partial charge in [0.2, 0.25) is 5.91 Å². The molecule has 32 heavy (non-hydrogen) atoms. The van der Waals surface area contributed by atoms with Gasteiger partial charge in [-0.15, -0.1) is 23.2 Å². The molecular formula is C24H26Cl2N2O4. The third kappa shape index (κ3) is 4.92. The SMILES string of the molecule is Cc1cc(C)c(C(=O)Nc2ccc(C[C@H](NC(=O)C3(C)CC3(Cl)Cl)C(=O)O)cc2)c(C)c1. The number of benzene rings is 2. The fourth-order valence-electron chi connectivity index (χ4n) is 3.86. The van der Waals surface area contributed by atoms with Gasteiger partial charge in [-0.2, -0.15) is 0 Å². The molecule has 6 nitrogen and oxygen atoms in total. The molecule has 3 N–H and O–H groups in total. The van der Waals surface area contributed by atoms with Crippen molar-refractivity contribution in [3.05, 3.63) is 64.2 Å². The topological polar surface area (TPSA) is 95.5 Å². The predicted octanol–water partition coefficient (Wildman–Crippen LogP) is 4.56. The van der Waals surface area contributed by atoms with E-state index >= 15 is 0 Å². The maximum atomic E-state index is 12.7. The van der Waals surface area contributed by atoms with Crippen LogP contribution < -0.4 is 10.6 Å². The van der Waals surface area contributed by atoms with Gasteiger partial charge in [-0.25, -0.2) is 4.79 Å². The number of hydrogen-bond acceptors (Lipinski definition) is 3. The van der Waals surface area contributed by atoms with Crippen LogP contribution in [0.4, 0.5) is 5.69 Å². The summed E-state index contributed by atoms with van der Waals surface area (Å²) in [5.74, 6) is -1.84. The Morgan fingerprint density at radius 3 is 2.06 bits per heavy atom. The summed E-state index contributed by atoms with van der Waals surface area (Å²) in [6, 6.07) is 9.66. The van der Waals surface area contributed by atoms with Crippen LogP contribution in [0.25, 0.3) is 0 Å². The fourth-order valence-corrected chi connectivity index (χ4v) is 4.56. The second kappa shape index (κ2) is 8.75. The van der Waals surface area contributed by atoms with E-state index in [1.165, 1.54) is 0 Å². The average Bonchev–Trinajstić information content (AvgIpc) is 3.20. The molecule has 1 unspecified atom stereocenters. The number of hydrogen-bond donors (Lipinski definition) is 3. The second-order valence-corrected chi connectivity index (χ2v) is 10.2. The Hall–Kier alpha value is -2.57. The zero-order chi connectivity index (χ0) is 23.8. The normalized spacial score (nSPS) is 19.7. The molecule has 0 heterocycles. The van der Waals surface area contributed by atoms with E-state index in [-0.39, 0.29) is 18.7 Å². The lowest BCUT2D eigenvalue weighted by atomic mass is 9.99. The summed E-state index contributed by atoms with van der Waals surface area (Å²) in [4.78, 5) is 36.8. The number of carbonyl (C=O) groups is 3. The second-order valence-electron chi connectivity index (χ2n) is 8.71.